The molecule has 2 aliphatic rings. The summed E-state index contributed by atoms with van der Waals surface area (Å²) in [6, 6.07) is 18.5. The number of fused-ring (bicyclic) bond motifs is 2. The molecule has 4 rings (SSSR count). The van der Waals surface area contributed by atoms with Gasteiger partial charge in [-0.15, -0.1) is 0 Å². The van der Waals surface area contributed by atoms with Crippen LogP contribution in [0.25, 0.3) is 22.2 Å². The Balaban J connectivity index is 1.74. The van der Waals surface area contributed by atoms with Crippen LogP contribution < -0.4 is 14.5 Å². The van der Waals surface area contributed by atoms with Gasteiger partial charge in [0.25, 0.3) is 0 Å². The summed E-state index contributed by atoms with van der Waals surface area (Å²) in [7, 11) is 0. The summed E-state index contributed by atoms with van der Waals surface area (Å²) >= 11 is 4.62. The van der Waals surface area contributed by atoms with E-state index in [0.29, 0.717) is 27.2 Å². The third kappa shape index (κ3) is 4.90. The van der Waals surface area contributed by atoms with Crippen LogP contribution in [0, 0.1) is 0 Å². The van der Waals surface area contributed by atoms with Crippen LogP contribution >= 0.6 is 34.1 Å². The number of para-hydroxylation sites is 1. The molecule has 5 nitrogen and oxygen atoms in total. The number of halogens is 1. The van der Waals surface area contributed by atoms with Gasteiger partial charge in [0.05, 0.1) is 11.3 Å². The van der Waals surface area contributed by atoms with Gasteiger partial charge < -0.3 is 14.0 Å². The lowest BCUT2D eigenvalue weighted by atomic mass is 10.1. The van der Waals surface area contributed by atoms with Crippen molar-refractivity contribution in [1.82, 2.24) is 4.98 Å². The first-order valence-corrected chi connectivity index (χ1v) is 14.3. The summed E-state index contributed by atoms with van der Waals surface area (Å²) in [5.74, 6) is 1.01. The molecule has 2 aromatic rings. The number of aromatic amines is 1. The van der Waals surface area contributed by atoms with E-state index >= 15 is 0 Å². The number of aromatic nitrogens is 1. The van der Waals surface area contributed by atoms with Gasteiger partial charge in [0.2, 0.25) is 5.43 Å². The second-order valence-electron chi connectivity index (χ2n) is 7.29. The van der Waals surface area contributed by atoms with Crippen LogP contribution in [0.1, 0.15) is 25.8 Å². The number of hydrogen-bond acceptors (Lipinski definition) is 5. The molecule has 1 aliphatic carbocycles. The average molecular weight is 532 g/mol. The lowest BCUT2D eigenvalue weighted by molar-refractivity contribution is 0.406. The van der Waals surface area contributed by atoms with Crippen LogP contribution in [-0.2, 0) is 11.0 Å². The SMILES string of the molecule is CCCSP(=O)(Oc1ccc(CC)cc1)Oc1cc(Br)c2[nH]c3ccccc3cc-2c1=O. The van der Waals surface area contributed by atoms with Gasteiger partial charge in [-0.1, -0.05) is 44.2 Å². The maximum Gasteiger partial charge on any atom is 0.492 e. The highest BCUT2D eigenvalue weighted by Crippen LogP contribution is 2.59. The van der Waals surface area contributed by atoms with Crippen LogP contribution in [0.3, 0.4) is 0 Å². The molecule has 1 N–H and O–H groups in total. The molecule has 0 saturated heterocycles. The summed E-state index contributed by atoms with van der Waals surface area (Å²) in [4.78, 5) is 16.5. The maximum atomic E-state index is 13.6. The van der Waals surface area contributed by atoms with Crippen molar-refractivity contribution in [1.29, 1.82) is 0 Å². The van der Waals surface area contributed by atoms with E-state index < -0.39 is 6.80 Å². The molecule has 1 atom stereocenters. The van der Waals surface area contributed by atoms with E-state index in [-0.39, 0.29) is 11.2 Å². The van der Waals surface area contributed by atoms with E-state index in [1.54, 1.807) is 18.2 Å². The smallest absolute Gasteiger partial charge is 0.408 e. The highest BCUT2D eigenvalue weighted by molar-refractivity contribution is 9.10. The Labute approximate surface area is 199 Å². The molecule has 0 radical (unpaired) electrons. The molecule has 0 bridgehead atoms. The van der Waals surface area contributed by atoms with Crippen molar-refractivity contribution in [3.8, 4) is 22.8 Å². The third-order valence-corrected chi connectivity index (χ3v) is 9.30. The van der Waals surface area contributed by atoms with Crippen LogP contribution in [0.15, 0.2) is 69.9 Å². The van der Waals surface area contributed by atoms with Crippen molar-refractivity contribution in [2.24, 2.45) is 0 Å². The number of H-pyrrole nitrogens is 1. The van der Waals surface area contributed by atoms with Crippen LogP contribution in [0.2, 0.25) is 0 Å². The number of pyridine rings is 1. The van der Waals surface area contributed by atoms with Crippen molar-refractivity contribution in [3.05, 3.63) is 80.9 Å². The first-order chi connectivity index (χ1) is 15.4. The molecule has 0 saturated carbocycles. The maximum absolute atomic E-state index is 13.6. The summed E-state index contributed by atoms with van der Waals surface area (Å²) < 4.78 is 25.9. The van der Waals surface area contributed by atoms with Crippen molar-refractivity contribution < 1.29 is 13.6 Å². The Hall–Kier alpha value is -2.21. The number of benzene rings is 3. The van der Waals surface area contributed by atoms with Gasteiger partial charge in [-0.25, -0.2) is 4.57 Å². The Morgan fingerprint density at radius 1 is 1.03 bits per heavy atom. The van der Waals surface area contributed by atoms with Crippen LogP contribution in [0.4, 0.5) is 0 Å². The second kappa shape index (κ2) is 9.74. The van der Waals surface area contributed by atoms with E-state index in [1.807, 2.05) is 49.4 Å². The lowest BCUT2D eigenvalue weighted by Crippen LogP contribution is -2.12. The van der Waals surface area contributed by atoms with Gasteiger partial charge in [0.15, 0.2) is 5.75 Å². The van der Waals surface area contributed by atoms with E-state index in [4.69, 9.17) is 9.05 Å². The monoisotopic (exact) mass is 531 g/mol. The lowest BCUT2D eigenvalue weighted by Gasteiger charge is -2.20. The fourth-order valence-electron chi connectivity index (χ4n) is 3.30. The summed E-state index contributed by atoms with van der Waals surface area (Å²) in [5, 5.41) is 0.900. The van der Waals surface area contributed by atoms with E-state index in [2.05, 4.69) is 27.8 Å². The Bertz CT molecular complexity index is 1320. The van der Waals surface area contributed by atoms with Gasteiger partial charge in [-0.05, 0) is 75.4 Å². The van der Waals surface area contributed by atoms with Gasteiger partial charge in [0.1, 0.15) is 5.75 Å². The second-order valence-corrected chi connectivity index (χ2v) is 12.2. The highest BCUT2D eigenvalue weighted by Gasteiger charge is 2.31. The van der Waals surface area contributed by atoms with Crippen molar-refractivity contribution >= 4 is 45.0 Å². The fraction of sp³-hybridized carbons (Fsp3) is 0.208. The first kappa shape index (κ1) is 23.0. The molecule has 166 valence electrons. The summed E-state index contributed by atoms with van der Waals surface area (Å²) in [6.07, 6.45) is 1.69. The van der Waals surface area contributed by atoms with Crippen molar-refractivity contribution in [2.45, 2.75) is 26.7 Å². The topological polar surface area (TPSA) is 68.4 Å². The predicted molar refractivity (Wildman–Crippen MR) is 136 cm³/mol. The summed E-state index contributed by atoms with van der Waals surface area (Å²) in [6.45, 7) is 0.360. The molecule has 32 heavy (non-hydrogen) atoms. The number of rotatable bonds is 8. The number of hydrogen-bond donors (Lipinski definition) is 1. The van der Waals surface area contributed by atoms with E-state index in [0.717, 1.165) is 40.7 Å². The van der Waals surface area contributed by atoms with Gasteiger partial charge in [-0.3, -0.25) is 4.79 Å². The molecule has 0 fully saturated rings. The van der Waals surface area contributed by atoms with Crippen molar-refractivity contribution in [2.75, 3.05) is 5.75 Å². The Kier molecular flexibility index (Phi) is 6.99. The largest absolute Gasteiger partial charge is 0.492 e. The molecule has 1 aliphatic heterocycles. The molecule has 2 aromatic carbocycles. The highest BCUT2D eigenvalue weighted by atomic mass is 79.9. The van der Waals surface area contributed by atoms with E-state index in [9.17, 15) is 9.36 Å². The Morgan fingerprint density at radius 3 is 2.50 bits per heavy atom. The predicted octanol–water partition coefficient (Wildman–Crippen LogP) is 7.67. The number of nitrogens with one attached hydrogen (secondary N) is 1. The molecule has 0 amide bonds. The normalized spacial score (nSPS) is 13.2. The first-order valence-electron chi connectivity index (χ1n) is 10.4. The number of aryl methyl sites for hydroxylation is 1. The minimum atomic E-state index is -3.69. The fourth-order valence-corrected chi connectivity index (χ4v) is 7.16. The Morgan fingerprint density at radius 2 is 1.78 bits per heavy atom. The minimum absolute atomic E-state index is 0.00910. The molecule has 0 aromatic heterocycles. The van der Waals surface area contributed by atoms with Crippen LogP contribution in [0.5, 0.6) is 11.5 Å². The average Bonchev–Trinajstić information content (AvgIpc) is 2.80. The molecular formula is C24H23BrNO4PS. The zero-order valence-electron chi connectivity index (χ0n) is 17.8. The standard InChI is InChI=1S/C24H23BrNO4PS/c1-3-13-32-31(28,29-18-11-9-16(4-2)10-12-18)30-22-15-20(25)23-19(24(22)27)14-17-7-5-6-8-21(17)26-23/h5-12,14-15,26H,3-4,13H2,1-2H3. The molecular weight excluding hydrogens is 509 g/mol. The minimum Gasteiger partial charge on any atom is -0.408 e. The van der Waals surface area contributed by atoms with Gasteiger partial charge in [-0.2, -0.15) is 0 Å². The molecule has 1 unspecified atom stereocenters. The quantitative estimate of drug-likeness (QED) is 0.186. The summed E-state index contributed by atoms with van der Waals surface area (Å²) in [5.41, 5.74) is 2.84. The van der Waals surface area contributed by atoms with E-state index in [1.165, 1.54) is 0 Å². The van der Waals surface area contributed by atoms with Gasteiger partial charge in [0, 0.05) is 21.8 Å². The third-order valence-electron chi connectivity index (χ3n) is 4.97. The van der Waals surface area contributed by atoms with Crippen LogP contribution in [-0.4, -0.2) is 10.7 Å². The van der Waals surface area contributed by atoms with Crippen molar-refractivity contribution in [3.63, 3.8) is 0 Å². The molecule has 1 heterocycles. The zero-order valence-corrected chi connectivity index (χ0v) is 21.1. The molecule has 8 heteroatoms. The zero-order chi connectivity index (χ0) is 22.7. The van der Waals surface area contributed by atoms with Gasteiger partial charge >= 0.3 is 6.80 Å². The molecule has 0 spiro atoms.